The van der Waals surface area contributed by atoms with Crippen LogP contribution < -0.4 is 11.1 Å². The Balaban J connectivity index is 2.29. The normalized spacial score (nSPS) is 11.4. The van der Waals surface area contributed by atoms with Crippen LogP contribution in [0.3, 0.4) is 0 Å². The molecule has 0 atom stereocenters. The zero-order valence-corrected chi connectivity index (χ0v) is 9.63. The first-order chi connectivity index (χ1) is 8.86. The monoisotopic (exact) mass is 270 g/mol. The number of hydrogen-bond donors (Lipinski definition) is 2. The fourth-order valence-corrected chi connectivity index (χ4v) is 1.56. The van der Waals surface area contributed by atoms with Crippen LogP contribution in [0.4, 0.5) is 34.6 Å². The molecule has 0 unspecified atom stereocenters. The molecule has 0 bridgehead atoms. The van der Waals surface area contributed by atoms with Crippen LogP contribution in [0.5, 0.6) is 0 Å². The second-order valence-electron chi connectivity index (χ2n) is 3.94. The van der Waals surface area contributed by atoms with Crippen molar-refractivity contribution < 1.29 is 17.6 Å². The van der Waals surface area contributed by atoms with Gasteiger partial charge in [-0.3, -0.25) is 0 Å². The molecule has 0 aromatic heterocycles. The molecule has 0 aliphatic heterocycles. The summed E-state index contributed by atoms with van der Waals surface area (Å²) in [6.45, 7) is 0. The lowest BCUT2D eigenvalue weighted by atomic mass is 10.2. The van der Waals surface area contributed by atoms with Crippen LogP contribution in [-0.4, -0.2) is 0 Å². The molecular formula is C13H10F4N2. The van der Waals surface area contributed by atoms with Gasteiger partial charge >= 0.3 is 6.18 Å². The summed E-state index contributed by atoms with van der Waals surface area (Å²) < 4.78 is 51.1. The van der Waals surface area contributed by atoms with Crippen molar-refractivity contribution in [3.05, 3.63) is 53.8 Å². The number of nitrogen functional groups attached to an aromatic ring is 1. The summed E-state index contributed by atoms with van der Waals surface area (Å²) in [5.74, 6) is -0.627. The van der Waals surface area contributed by atoms with Gasteiger partial charge in [-0.15, -0.1) is 0 Å². The summed E-state index contributed by atoms with van der Waals surface area (Å²) in [5.41, 5.74) is 5.05. The molecule has 19 heavy (non-hydrogen) atoms. The number of nitrogens with one attached hydrogen (secondary N) is 1. The largest absolute Gasteiger partial charge is 0.416 e. The molecule has 0 amide bonds. The van der Waals surface area contributed by atoms with Crippen molar-refractivity contribution in [1.82, 2.24) is 0 Å². The second kappa shape index (κ2) is 4.79. The molecule has 0 spiro atoms. The number of hydrogen-bond acceptors (Lipinski definition) is 2. The molecule has 0 heterocycles. The highest BCUT2D eigenvalue weighted by Gasteiger charge is 2.30. The van der Waals surface area contributed by atoms with E-state index in [2.05, 4.69) is 5.32 Å². The topological polar surface area (TPSA) is 38.0 Å². The quantitative estimate of drug-likeness (QED) is 0.635. The highest BCUT2D eigenvalue weighted by Crippen LogP contribution is 2.31. The minimum absolute atomic E-state index is 0.0634. The van der Waals surface area contributed by atoms with E-state index in [1.807, 2.05) is 0 Å². The third kappa shape index (κ3) is 3.15. The van der Waals surface area contributed by atoms with Crippen LogP contribution >= 0.6 is 0 Å². The first kappa shape index (κ1) is 13.2. The van der Waals surface area contributed by atoms with Gasteiger partial charge in [-0.05, 0) is 36.4 Å². The predicted molar refractivity (Wildman–Crippen MR) is 65.5 cm³/mol. The Kier molecular flexibility index (Phi) is 3.33. The van der Waals surface area contributed by atoms with Crippen molar-refractivity contribution in [2.24, 2.45) is 0 Å². The molecule has 100 valence electrons. The van der Waals surface area contributed by atoms with Crippen LogP contribution in [0.15, 0.2) is 42.5 Å². The number of benzene rings is 2. The van der Waals surface area contributed by atoms with E-state index in [-0.39, 0.29) is 17.1 Å². The summed E-state index contributed by atoms with van der Waals surface area (Å²) in [5, 5.41) is 2.58. The van der Waals surface area contributed by atoms with E-state index in [4.69, 9.17) is 5.73 Å². The van der Waals surface area contributed by atoms with Gasteiger partial charge in [0.15, 0.2) is 0 Å². The molecule has 2 rings (SSSR count). The van der Waals surface area contributed by atoms with Gasteiger partial charge in [0, 0.05) is 11.4 Å². The molecule has 0 fully saturated rings. The lowest BCUT2D eigenvalue weighted by molar-refractivity contribution is -0.137. The van der Waals surface area contributed by atoms with E-state index in [1.54, 1.807) is 0 Å². The number of anilines is 3. The zero-order valence-electron chi connectivity index (χ0n) is 9.63. The van der Waals surface area contributed by atoms with Gasteiger partial charge in [0.2, 0.25) is 0 Å². The van der Waals surface area contributed by atoms with E-state index >= 15 is 0 Å². The second-order valence-corrected chi connectivity index (χ2v) is 3.94. The van der Waals surface area contributed by atoms with Crippen molar-refractivity contribution in [1.29, 1.82) is 0 Å². The maximum atomic E-state index is 13.5. The Morgan fingerprint density at radius 2 is 1.74 bits per heavy atom. The minimum Gasteiger partial charge on any atom is -0.399 e. The van der Waals surface area contributed by atoms with Crippen molar-refractivity contribution in [2.45, 2.75) is 6.18 Å². The van der Waals surface area contributed by atoms with Crippen molar-refractivity contribution in [3.8, 4) is 0 Å². The first-order valence-corrected chi connectivity index (χ1v) is 5.35. The molecule has 0 aliphatic rings. The Hall–Kier alpha value is -2.24. The van der Waals surface area contributed by atoms with E-state index in [9.17, 15) is 17.6 Å². The number of alkyl halides is 3. The van der Waals surface area contributed by atoms with E-state index in [0.29, 0.717) is 0 Å². The highest BCUT2D eigenvalue weighted by atomic mass is 19.4. The van der Waals surface area contributed by atoms with Crippen LogP contribution in [0.1, 0.15) is 5.56 Å². The van der Waals surface area contributed by atoms with Gasteiger partial charge in [-0.2, -0.15) is 13.2 Å². The molecule has 2 aromatic carbocycles. The SMILES string of the molecule is Nc1ccc(Nc2cccc(C(F)(F)F)c2)c(F)c1. The predicted octanol–water partition coefficient (Wildman–Crippen LogP) is 4.17. The Labute approximate surface area is 106 Å². The molecular weight excluding hydrogens is 260 g/mol. The average molecular weight is 270 g/mol. The van der Waals surface area contributed by atoms with Crippen LogP contribution in [0, 0.1) is 5.82 Å². The van der Waals surface area contributed by atoms with Crippen molar-refractivity contribution >= 4 is 17.1 Å². The molecule has 0 radical (unpaired) electrons. The maximum Gasteiger partial charge on any atom is 0.416 e. The number of nitrogens with two attached hydrogens (primary N) is 1. The summed E-state index contributed by atoms with van der Waals surface area (Å²) in [4.78, 5) is 0. The number of halogens is 4. The van der Waals surface area contributed by atoms with Gasteiger partial charge in [0.25, 0.3) is 0 Å². The molecule has 3 N–H and O–H groups in total. The zero-order chi connectivity index (χ0) is 14.0. The molecule has 2 nitrogen and oxygen atoms in total. The van der Waals surface area contributed by atoms with Crippen LogP contribution in [-0.2, 0) is 6.18 Å². The molecule has 0 saturated heterocycles. The molecule has 0 aliphatic carbocycles. The lowest BCUT2D eigenvalue weighted by Gasteiger charge is -2.11. The lowest BCUT2D eigenvalue weighted by Crippen LogP contribution is -2.05. The van der Waals surface area contributed by atoms with Gasteiger partial charge in [0.1, 0.15) is 5.82 Å². The Morgan fingerprint density at radius 1 is 1.00 bits per heavy atom. The number of rotatable bonds is 2. The molecule has 6 heteroatoms. The average Bonchev–Trinajstić information content (AvgIpc) is 2.32. The standard InChI is InChI=1S/C13H10F4N2/c14-11-7-9(18)4-5-12(11)19-10-3-1-2-8(6-10)13(15,16)17/h1-7,19H,18H2. The summed E-state index contributed by atoms with van der Waals surface area (Å²) in [6, 6.07) is 8.45. The Bertz CT molecular complexity index is 593. The van der Waals surface area contributed by atoms with Gasteiger partial charge in [0.05, 0.1) is 11.3 Å². The third-order valence-electron chi connectivity index (χ3n) is 2.46. The summed E-state index contributed by atoms with van der Waals surface area (Å²) >= 11 is 0. The minimum atomic E-state index is -4.43. The highest BCUT2D eigenvalue weighted by molar-refractivity contribution is 5.63. The fraction of sp³-hybridized carbons (Fsp3) is 0.0769. The van der Waals surface area contributed by atoms with Crippen LogP contribution in [0.2, 0.25) is 0 Å². The fourth-order valence-electron chi connectivity index (χ4n) is 1.56. The van der Waals surface area contributed by atoms with E-state index in [0.717, 1.165) is 18.2 Å². The molecule has 0 saturated carbocycles. The van der Waals surface area contributed by atoms with Gasteiger partial charge < -0.3 is 11.1 Å². The third-order valence-corrected chi connectivity index (χ3v) is 2.46. The van der Waals surface area contributed by atoms with Gasteiger partial charge in [-0.25, -0.2) is 4.39 Å². The molecule has 2 aromatic rings. The van der Waals surface area contributed by atoms with E-state index < -0.39 is 17.6 Å². The van der Waals surface area contributed by atoms with Crippen molar-refractivity contribution in [2.75, 3.05) is 11.1 Å². The summed E-state index contributed by atoms with van der Waals surface area (Å²) in [7, 11) is 0. The van der Waals surface area contributed by atoms with E-state index in [1.165, 1.54) is 24.3 Å². The van der Waals surface area contributed by atoms with Crippen molar-refractivity contribution in [3.63, 3.8) is 0 Å². The van der Waals surface area contributed by atoms with Crippen LogP contribution in [0.25, 0.3) is 0 Å². The maximum absolute atomic E-state index is 13.5. The smallest absolute Gasteiger partial charge is 0.399 e. The summed E-state index contributed by atoms with van der Waals surface area (Å²) in [6.07, 6.45) is -4.43. The Morgan fingerprint density at radius 3 is 2.37 bits per heavy atom. The first-order valence-electron chi connectivity index (χ1n) is 5.35. The van der Waals surface area contributed by atoms with Gasteiger partial charge in [-0.1, -0.05) is 6.07 Å².